The zero-order valence-corrected chi connectivity index (χ0v) is 24.6. The molecule has 3 heterocycles. The molecular weight excluding hydrogens is 540 g/mol. The van der Waals surface area contributed by atoms with Gasteiger partial charge in [0.15, 0.2) is 0 Å². The Balaban J connectivity index is 1.36. The summed E-state index contributed by atoms with van der Waals surface area (Å²) in [6.45, 7) is 9.91. The minimum atomic E-state index is 0.0205. The van der Waals surface area contributed by atoms with Crippen LogP contribution in [0.15, 0.2) is 66.1 Å². The maximum Gasteiger partial charge on any atom is 0.205 e. The second kappa shape index (κ2) is 13.8. The van der Waals surface area contributed by atoms with Gasteiger partial charge in [0.25, 0.3) is 0 Å². The molecule has 43 heavy (non-hydrogen) atoms. The summed E-state index contributed by atoms with van der Waals surface area (Å²) in [6.07, 6.45) is 10.7. The highest BCUT2D eigenvalue weighted by atomic mass is 16.5. The molecule has 1 saturated heterocycles. The average Bonchev–Trinajstić information content (AvgIpc) is 3.32. The molecule has 9 heteroatoms. The molecule has 9 nitrogen and oxygen atoms in total. The first-order chi connectivity index (χ1) is 21.0. The number of fused-ring (bicyclic) bond motifs is 5. The van der Waals surface area contributed by atoms with Crippen LogP contribution in [0.5, 0.6) is 11.5 Å². The fraction of sp³-hybridized carbons (Fsp3) is 0.324. The van der Waals surface area contributed by atoms with Crippen LogP contribution in [0.2, 0.25) is 0 Å². The van der Waals surface area contributed by atoms with Crippen LogP contribution in [0.1, 0.15) is 38.2 Å². The molecule has 0 aliphatic carbocycles. The standard InChI is InChI=1S/C34H36N6O3/c1-4-7-27(41)11-9-24-8-6-15-40-19-25(24)20-42-33-18-30-29(17-31(33)40)34(38-22-37-30)39-26-10-12-32(23(3)16-26)43-28(5-2)13-14-36-21-35/h5,10,12-14,16-18,21-22,24-25,35H,2,6,8-9,11,15,19-20H2,1,3H3,(H,37,38,39)/b28-13+,35-21?,36-14?. The number of hydrogen-bond acceptors (Lipinski definition) is 8. The molecule has 2 unspecified atom stereocenters. The van der Waals surface area contributed by atoms with E-state index in [0.717, 1.165) is 72.3 Å². The number of aliphatic imine (C=N–C) groups is 1. The van der Waals surface area contributed by atoms with Crippen molar-refractivity contribution >= 4 is 46.4 Å². The lowest BCUT2D eigenvalue weighted by Gasteiger charge is -2.25. The third-order valence-electron chi connectivity index (χ3n) is 7.91. The Kier molecular flexibility index (Phi) is 9.47. The number of hydrogen-bond donors (Lipinski definition) is 2. The normalized spacial score (nSPS) is 18.0. The summed E-state index contributed by atoms with van der Waals surface area (Å²) in [7, 11) is 0. The van der Waals surface area contributed by atoms with Gasteiger partial charge in [-0.25, -0.2) is 15.0 Å². The quantitative estimate of drug-likeness (QED) is 0.0717. The summed E-state index contributed by atoms with van der Waals surface area (Å²) in [5.41, 5.74) is 3.65. The van der Waals surface area contributed by atoms with Gasteiger partial charge < -0.3 is 19.7 Å². The van der Waals surface area contributed by atoms with E-state index in [9.17, 15) is 4.79 Å². The maximum absolute atomic E-state index is 12.1. The Morgan fingerprint density at radius 2 is 2.21 bits per heavy atom. The van der Waals surface area contributed by atoms with Crippen molar-refractivity contribution in [2.75, 3.05) is 29.9 Å². The Bertz CT molecular complexity index is 1650. The molecule has 2 N–H and O–H groups in total. The van der Waals surface area contributed by atoms with E-state index < -0.39 is 0 Å². The van der Waals surface area contributed by atoms with Gasteiger partial charge in [0.05, 0.1) is 17.8 Å². The molecule has 1 aromatic heterocycles. The summed E-state index contributed by atoms with van der Waals surface area (Å²) in [4.78, 5) is 27.4. The van der Waals surface area contributed by atoms with Crippen LogP contribution in [0, 0.1) is 36.0 Å². The fourth-order valence-electron chi connectivity index (χ4n) is 5.75. The van der Waals surface area contributed by atoms with Crippen LogP contribution in [0.3, 0.4) is 0 Å². The Labute approximate surface area is 252 Å². The zero-order chi connectivity index (χ0) is 30.2. The zero-order valence-electron chi connectivity index (χ0n) is 24.6. The molecule has 2 bridgehead atoms. The molecule has 0 saturated carbocycles. The van der Waals surface area contributed by atoms with Crippen LogP contribution in [-0.2, 0) is 4.79 Å². The van der Waals surface area contributed by atoms with Crippen LogP contribution in [0.25, 0.3) is 10.9 Å². The van der Waals surface area contributed by atoms with Crippen molar-refractivity contribution in [3.63, 3.8) is 0 Å². The van der Waals surface area contributed by atoms with E-state index in [4.69, 9.17) is 14.9 Å². The second-order valence-corrected chi connectivity index (χ2v) is 10.7. The van der Waals surface area contributed by atoms with E-state index in [1.807, 2.05) is 31.2 Å². The first-order valence-electron chi connectivity index (χ1n) is 14.5. The van der Waals surface area contributed by atoms with Crippen molar-refractivity contribution in [2.24, 2.45) is 16.8 Å². The molecule has 220 valence electrons. The van der Waals surface area contributed by atoms with Gasteiger partial charge in [-0.15, -0.1) is 0 Å². The van der Waals surface area contributed by atoms with Crippen molar-refractivity contribution in [2.45, 2.75) is 39.5 Å². The lowest BCUT2D eigenvalue weighted by atomic mass is 9.85. The van der Waals surface area contributed by atoms with Gasteiger partial charge in [-0.3, -0.25) is 10.2 Å². The third-order valence-corrected chi connectivity index (χ3v) is 7.91. The molecule has 1 fully saturated rings. The number of benzene rings is 2. The number of nitrogens with one attached hydrogen (secondary N) is 2. The van der Waals surface area contributed by atoms with E-state index in [1.54, 1.807) is 25.4 Å². The monoisotopic (exact) mass is 576 g/mol. The topological polar surface area (TPSA) is 113 Å². The van der Waals surface area contributed by atoms with Gasteiger partial charge in [-0.1, -0.05) is 12.5 Å². The number of Topliss-reactive ketones (excluding diaryl/α,β-unsaturated/α-hetero) is 1. The number of anilines is 3. The molecule has 2 aromatic carbocycles. The predicted octanol–water partition coefficient (Wildman–Crippen LogP) is 6.41. The largest absolute Gasteiger partial charge is 0.491 e. The molecule has 0 radical (unpaired) electrons. The van der Waals surface area contributed by atoms with Gasteiger partial charge in [0.2, 0.25) is 5.78 Å². The van der Waals surface area contributed by atoms with Gasteiger partial charge in [0, 0.05) is 48.8 Å². The number of aryl methyl sites for hydroxylation is 1. The first-order valence-corrected chi connectivity index (χ1v) is 14.5. The smallest absolute Gasteiger partial charge is 0.205 e. The summed E-state index contributed by atoms with van der Waals surface area (Å²) in [5, 5.41) is 11.4. The predicted molar refractivity (Wildman–Crippen MR) is 172 cm³/mol. The minimum Gasteiger partial charge on any atom is -0.491 e. The van der Waals surface area contributed by atoms with Crippen molar-refractivity contribution < 1.29 is 14.3 Å². The number of rotatable bonds is 10. The number of allylic oxidation sites excluding steroid dienone is 2. The van der Waals surface area contributed by atoms with Crippen LogP contribution in [0.4, 0.5) is 17.2 Å². The first kappa shape index (κ1) is 29.5. The van der Waals surface area contributed by atoms with E-state index in [0.29, 0.717) is 42.2 Å². The summed E-state index contributed by atoms with van der Waals surface area (Å²) < 4.78 is 12.4. The van der Waals surface area contributed by atoms with Gasteiger partial charge in [0.1, 0.15) is 35.7 Å². The van der Waals surface area contributed by atoms with Crippen molar-refractivity contribution in [1.82, 2.24) is 9.97 Å². The van der Waals surface area contributed by atoms with Crippen LogP contribution < -0.4 is 19.7 Å². The Morgan fingerprint density at radius 1 is 1.33 bits per heavy atom. The highest BCUT2D eigenvalue weighted by molar-refractivity contribution is 5.96. The van der Waals surface area contributed by atoms with Crippen LogP contribution >= 0.6 is 0 Å². The fourth-order valence-corrected chi connectivity index (χ4v) is 5.75. The maximum atomic E-state index is 12.1. The second-order valence-electron chi connectivity index (χ2n) is 10.7. The average molecular weight is 577 g/mol. The lowest BCUT2D eigenvalue weighted by molar-refractivity contribution is -0.114. The number of ketones is 1. The minimum absolute atomic E-state index is 0.0205. The Morgan fingerprint density at radius 3 is 3.00 bits per heavy atom. The molecule has 2 aliphatic heterocycles. The van der Waals surface area contributed by atoms with Crippen molar-refractivity contribution in [3.8, 4) is 23.3 Å². The molecule has 5 rings (SSSR count). The molecule has 2 aliphatic rings. The number of nitrogens with zero attached hydrogens (tertiary/aromatic N) is 4. The van der Waals surface area contributed by atoms with Gasteiger partial charge >= 0.3 is 0 Å². The molecule has 2 atom stereocenters. The van der Waals surface area contributed by atoms with E-state index in [-0.39, 0.29) is 5.78 Å². The number of carbonyl (C=O) groups is 1. The molecular formula is C34H36N6O3. The number of aromatic nitrogens is 2. The van der Waals surface area contributed by atoms with Gasteiger partial charge in [-0.05, 0) is 86.9 Å². The SMILES string of the molecule is C=C/C(=C\C=NC=N)Oc1ccc(Nc2ncnc3cc4c(cc23)N2CCCC(CCC(=O)C#CC)C(CO4)C2)cc1C. The highest BCUT2D eigenvalue weighted by Crippen LogP contribution is 2.41. The van der Waals surface area contributed by atoms with Gasteiger partial charge in [-0.2, -0.15) is 0 Å². The number of carbonyl (C=O) groups excluding carboxylic acids is 1. The number of ether oxygens (including phenoxy) is 2. The van der Waals surface area contributed by atoms with Crippen molar-refractivity contribution in [3.05, 3.63) is 66.7 Å². The third kappa shape index (κ3) is 7.09. The molecule has 3 aromatic rings. The molecule has 0 amide bonds. The summed E-state index contributed by atoms with van der Waals surface area (Å²) >= 11 is 0. The summed E-state index contributed by atoms with van der Waals surface area (Å²) in [5.74, 6) is 8.94. The van der Waals surface area contributed by atoms with Crippen LogP contribution in [-0.4, -0.2) is 48.0 Å². The van der Waals surface area contributed by atoms with E-state index in [1.165, 1.54) is 6.21 Å². The van der Waals surface area contributed by atoms with E-state index in [2.05, 4.69) is 49.7 Å². The van der Waals surface area contributed by atoms with E-state index >= 15 is 0 Å². The highest BCUT2D eigenvalue weighted by Gasteiger charge is 2.32. The Hall–Kier alpha value is -4.97. The van der Waals surface area contributed by atoms with Crippen molar-refractivity contribution in [1.29, 1.82) is 5.41 Å². The molecule has 0 spiro atoms. The summed E-state index contributed by atoms with van der Waals surface area (Å²) in [6, 6.07) is 9.97. The lowest BCUT2D eigenvalue weighted by Crippen LogP contribution is -2.31.